The largest absolute Gasteiger partial charge is 0.466 e. The second kappa shape index (κ2) is 3.67. The van der Waals surface area contributed by atoms with E-state index in [0.717, 1.165) is 31.3 Å². The lowest BCUT2D eigenvalue weighted by atomic mass is 9.58. The molecule has 0 aromatic rings. The Morgan fingerprint density at radius 3 is 2.94 bits per heavy atom. The predicted molar refractivity (Wildman–Crippen MR) is 63.9 cm³/mol. The van der Waals surface area contributed by atoms with Crippen molar-refractivity contribution >= 4 is 11.8 Å². The Kier molecular flexibility index (Phi) is 2.43. The average molecular weight is 250 g/mol. The zero-order valence-corrected chi connectivity index (χ0v) is 10.8. The standard InChI is InChI=1S/C14H18O4/c1-13-7-5-9(8-11(16)17-2)12-14(13,18-12)6-3-4-10(13)15/h8,12H,3-7H2,1-2H3/b9-8+/t12-,13-,14-/m1/s1. The summed E-state index contributed by atoms with van der Waals surface area (Å²) in [7, 11) is 1.37. The molecular weight excluding hydrogens is 232 g/mol. The molecule has 0 bridgehead atoms. The molecule has 3 rings (SSSR count). The van der Waals surface area contributed by atoms with Crippen molar-refractivity contribution in [3.8, 4) is 0 Å². The van der Waals surface area contributed by atoms with Gasteiger partial charge in [-0.05, 0) is 38.2 Å². The lowest BCUT2D eigenvalue weighted by Gasteiger charge is -2.41. The molecule has 0 radical (unpaired) electrons. The number of carbonyl (C=O) groups is 2. The third kappa shape index (κ3) is 1.35. The summed E-state index contributed by atoms with van der Waals surface area (Å²) < 4.78 is 10.6. The van der Waals surface area contributed by atoms with Crippen molar-refractivity contribution in [3.05, 3.63) is 11.6 Å². The molecule has 1 spiro atoms. The number of rotatable bonds is 1. The lowest BCUT2D eigenvalue weighted by molar-refractivity contribution is -0.136. The summed E-state index contributed by atoms with van der Waals surface area (Å²) in [5, 5.41) is 0. The van der Waals surface area contributed by atoms with Gasteiger partial charge in [0.25, 0.3) is 0 Å². The van der Waals surface area contributed by atoms with E-state index >= 15 is 0 Å². The fraction of sp³-hybridized carbons (Fsp3) is 0.714. The van der Waals surface area contributed by atoms with E-state index < -0.39 is 0 Å². The fourth-order valence-electron chi connectivity index (χ4n) is 3.69. The minimum atomic E-state index is -0.344. The van der Waals surface area contributed by atoms with Gasteiger partial charge >= 0.3 is 5.97 Å². The molecule has 18 heavy (non-hydrogen) atoms. The van der Waals surface area contributed by atoms with Gasteiger partial charge in [-0.2, -0.15) is 0 Å². The second-order valence-electron chi connectivity index (χ2n) is 5.74. The minimum Gasteiger partial charge on any atom is -0.466 e. The van der Waals surface area contributed by atoms with Crippen LogP contribution >= 0.6 is 0 Å². The molecule has 3 aliphatic rings. The van der Waals surface area contributed by atoms with Gasteiger partial charge in [-0.25, -0.2) is 4.79 Å². The highest BCUT2D eigenvalue weighted by Gasteiger charge is 2.72. The molecule has 4 nitrogen and oxygen atoms in total. The molecular formula is C14H18O4. The van der Waals surface area contributed by atoms with Crippen LogP contribution < -0.4 is 0 Å². The summed E-state index contributed by atoms with van der Waals surface area (Å²) in [6.07, 6.45) is 5.53. The van der Waals surface area contributed by atoms with Crippen molar-refractivity contribution in [2.75, 3.05) is 7.11 Å². The van der Waals surface area contributed by atoms with E-state index in [4.69, 9.17) is 4.74 Å². The Labute approximate surface area is 106 Å². The van der Waals surface area contributed by atoms with Crippen molar-refractivity contribution in [1.82, 2.24) is 0 Å². The molecule has 0 amide bonds. The van der Waals surface area contributed by atoms with Crippen LogP contribution in [0.25, 0.3) is 0 Å². The van der Waals surface area contributed by atoms with Crippen LogP contribution in [0.4, 0.5) is 0 Å². The van der Waals surface area contributed by atoms with Gasteiger partial charge in [-0.15, -0.1) is 0 Å². The number of ether oxygens (including phenoxy) is 2. The van der Waals surface area contributed by atoms with Crippen LogP contribution in [0.5, 0.6) is 0 Å². The number of ketones is 1. The SMILES string of the molecule is COC(=O)/C=C1\CC[C@]2(C)C(=O)CCC[C@]23O[C@H]13. The van der Waals surface area contributed by atoms with E-state index in [2.05, 4.69) is 4.74 Å². The molecule has 0 unspecified atom stereocenters. The summed E-state index contributed by atoms with van der Waals surface area (Å²) in [6, 6.07) is 0. The number of epoxide rings is 1. The highest BCUT2D eigenvalue weighted by atomic mass is 16.6. The molecule has 0 aromatic carbocycles. The van der Waals surface area contributed by atoms with Crippen molar-refractivity contribution in [2.45, 2.75) is 50.7 Å². The third-order valence-corrected chi connectivity index (χ3v) is 4.95. The first-order valence-electron chi connectivity index (χ1n) is 6.53. The van der Waals surface area contributed by atoms with Gasteiger partial charge in [0.15, 0.2) is 0 Å². The zero-order valence-electron chi connectivity index (χ0n) is 10.8. The van der Waals surface area contributed by atoms with Gasteiger partial charge < -0.3 is 9.47 Å². The Morgan fingerprint density at radius 1 is 1.44 bits per heavy atom. The van der Waals surface area contributed by atoms with Gasteiger partial charge in [0.1, 0.15) is 17.5 Å². The molecule has 1 heterocycles. The van der Waals surface area contributed by atoms with Crippen LogP contribution in [0, 0.1) is 5.41 Å². The molecule has 3 fully saturated rings. The topological polar surface area (TPSA) is 55.9 Å². The molecule has 1 aliphatic heterocycles. The fourth-order valence-corrected chi connectivity index (χ4v) is 3.69. The summed E-state index contributed by atoms with van der Waals surface area (Å²) in [5.74, 6) is -0.00485. The van der Waals surface area contributed by atoms with Gasteiger partial charge in [0, 0.05) is 12.5 Å². The van der Waals surface area contributed by atoms with Crippen molar-refractivity contribution in [3.63, 3.8) is 0 Å². The van der Waals surface area contributed by atoms with Crippen molar-refractivity contribution in [2.24, 2.45) is 5.41 Å². The second-order valence-corrected chi connectivity index (χ2v) is 5.74. The highest BCUT2D eigenvalue weighted by Crippen LogP contribution is 2.64. The van der Waals surface area contributed by atoms with Gasteiger partial charge in [0.2, 0.25) is 0 Å². The average Bonchev–Trinajstić information content (AvgIpc) is 3.08. The first-order chi connectivity index (χ1) is 8.53. The summed E-state index contributed by atoms with van der Waals surface area (Å²) in [6.45, 7) is 2.03. The third-order valence-electron chi connectivity index (χ3n) is 4.95. The van der Waals surface area contributed by atoms with E-state index in [1.54, 1.807) is 0 Å². The van der Waals surface area contributed by atoms with Crippen LogP contribution in [0.15, 0.2) is 11.6 Å². The number of methoxy groups -OCH3 is 1. The molecule has 0 aromatic heterocycles. The highest BCUT2D eigenvalue weighted by molar-refractivity contribution is 5.89. The maximum absolute atomic E-state index is 12.2. The molecule has 2 aliphatic carbocycles. The van der Waals surface area contributed by atoms with E-state index in [1.807, 2.05) is 6.92 Å². The molecule has 98 valence electrons. The van der Waals surface area contributed by atoms with Crippen LogP contribution in [0.1, 0.15) is 39.0 Å². The summed E-state index contributed by atoms with van der Waals surface area (Å²) in [5.41, 5.74) is 0.332. The quantitative estimate of drug-likeness (QED) is 0.404. The first kappa shape index (κ1) is 11.9. The summed E-state index contributed by atoms with van der Waals surface area (Å²) in [4.78, 5) is 23.5. The molecule has 2 saturated carbocycles. The Morgan fingerprint density at radius 2 is 2.22 bits per heavy atom. The van der Waals surface area contributed by atoms with E-state index in [-0.39, 0.29) is 23.1 Å². The number of carbonyl (C=O) groups excluding carboxylic acids is 2. The molecule has 1 saturated heterocycles. The van der Waals surface area contributed by atoms with E-state index in [1.165, 1.54) is 13.2 Å². The Balaban J connectivity index is 1.90. The van der Waals surface area contributed by atoms with Crippen molar-refractivity contribution < 1.29 is 19.1 Å². The molecule has 3 atom stereocenters. The van der Waals surface area contributed by atoms with Gasteiger partial charge in [0.05, 0.1) is 12.5 Å². The number of Topliss-reactive ketones (excluding diaryl/α,β-unsaturated/α-hetero) is 1. The maximum atomic E-state index is 12.2. The van der Waals surface area contributed by atoms with E-state index in [9.17, 15) is 9.59 Å². The first-order valence-corrected chi connectivity index (χ1v) is 6.53. The van der Waals surface area contributed by atoms with Gasteiger partial charge in [-0.1, -0.05) is 0 Å². The lowest BCUT2D eigenvalue weighted by Crippen LogP contribution is -2.49. The molecule has 4 heteroatoms. The molecule has 0 N–H and O–H groups in total. The van der Waals surface area contributed by atoms with Crippen LogP contribution in [-0.4, -0.2) is 30.6 Å². The number of esters is 1. The Hall–Kier alpha value is -1.16. The van der Waals surface area contributed by atoms with Crippen LogP contribution in [0.3, 0.4) is 0 Å². The van der Waals surface area contributed by atoms with Crippen LogP contribution in [0.2, 0.25) is 0 Å². The zero-order chi connectivity index (χ0) is 13.0. The van der Waals surface area contributed by atoms with Gasteiger partial charge in [-0.3, -0.25) is 4.79 Å². The number of hydrogen-bond acceptors (Lipinski definition) is 4. The predicted octanol–water partition coefficient (Wildman–Crippen LogP) is 1.78. The summed E-state index contributed by atoms with van der Waals surface area (Å²) >= 11 is 0. The Bertz CT molecular complexity index is 453. The van der Waals surface area contributed by atoms with Crippen LogP contribution in [-0.2, 0) is 19.1 Å². The normalized spacial score (nSPS) is 44.2. The monoisotopic (exact) mass is 250 g/mol. The van der Waals surface area contributed by atoms with Crippen molar-refractivity contribution in [1.29, 1.82) is 0 Å². The minimum absolute atomic E-state index is 0.0420. The smallest absolute Gasteiger partial charge is 0.330 e. The maximum Gasteiger partial charge on any atom is 0.330 e. The number of hydrogen-bond donors (Lipinski definition) is 0. The van der Waals surface area contributed by atoms with E-state index in [0.29, 0.717) is 12.2 Å².